The number of rotatable bonds is 4. The summed E-state index contributed by atoms with van der Waals surface area (Å²) in [5, 5.41) is 7.53. The molecule has 8 heteroatoms. The maximum absolute atomic E-state index is 11.9. The highest BCUT2D eigenvalue weighted by Crippen LogP contribution is 2.31. The zero-order valence-corrected chi connectivity index (χ0v) is 12.1. The van der Waals surface area contributed by atoms with Crippen LogP contribution in [0.25, 0.3) is 0 Å². The average Bonchev–Trinajstić information content (AvgIpc) is 3.11. The molecule has 19 heavy (non-hydrogen) atoms. The molecule has 0 aliphatic heterocycles. The van der Waals surface area contributed by atoms with Crippen molar-refractivity contribution < 1.29 is 13.2 Å². The van der Waals surface area contributed by atoms with E-state index in [4.69, 9.17) is 28.3 Å². The lowest BCUT2D eigenvalue weighted by Gasteiger charge is -2.08. The highest BCUT2D eigenvalue weighted by molar-refractivity contribution is 7.89. The Hall–Kier alpha value is -0.820. The van der Waals surface area contributed by atoms with Crippen molar-refractivity contribution in [2.75, 3.05) is 6.54 Å². The van der Waals surface area contributed by atoms with Gasteiger partial charge in [0, 0.05) is 12.1 Å². The van der Waals surface area contributed by atoms with Crippen molar-refractivity contribution in [2.24, 2.45) is 11.1 Å². The number of hydrogen-bond acceptors (Lipinski definition) is 3. The van der Waals surface area contributed by atoms with E-state index in [1.54, 1.807) is 0 Å². The van der Waals surface area contributed by atoms with Crippen LogP contribution in [-0.4, -0.2) is 20.9 Å². The molecule has 0 atom stereocenters. The van der Waals surface area contributed by atoms with E-state index in [9.17, 15) is 13.2 Å². The number of carbonyl (C=O) groups is 1. The SMILES string of the molecule is NS(=O)(=O)c1cc(C(=O)NCC2CC2)cc(Cl)c1Cl. The van der Waals surface area contributed by atoms with Crippen molar-refractivity contribution in [1.29, 1.82) is 0 Å². The van der Waals surface area contributed by atoms with E-state index in [0.29, 0.717) is 12.5 Å². The molecular formula is C11H12Cl2N2O3S. The number of amides is 1. The van der Waals surface area contributed by atoms with Crippen molar-refractivity contribution in [3.8, 4) is 0 Å². The molecular weight excluding hydrogens is 311 g/mol. The summed E-state index contributed by atoms with van der Waals surface area (Å²) in [4.78, 5) is 11.5. The van der Waals surface area contributed by atoms with Gasteiger partial charge in [0.2, 0.25) is 10.0 Å². The van der Waals surface area contributed by atoms with E-state index >= 15 is 0 Å². The number of nitrogens with two attached hydrogens (primary N) is 1. The molecule has 0 radical (unpaired) electrons. The fourth-order valence-corrected chi connectivity index (χ4v) is 2.92. The summed E-state index contributed by atoms with van der Waals surface area (Å²) in [6.07, 6.45) is 2.20. The Labute approximate surface area is 121 Å². The van der Waals surface area contributed by atoms with Crippen molar-refractivity contribution in [2.45, 2.75) is 17.7 Å². The smallest absolute Gasteiger partial charge is 0.251 e. The topological polar surface area (TPSA) is 89.3 Å². The molecule has 0 aromatic heterocycles. The van der Waals surface area contributed by atoms with Crippen molar-refractivity contribution >= 4 is 39.1 Å². The van der Waals surface area contributed by atoms with Gasteiger partial charge in [-0.1, -0.05) is 23.2 Å². The Bertz CT molecular complexity index is 627. The van der Waals surface area contributed by atoms with Gasteiger partial charge in [0.15, 0.2) is 0 Å². The number of halogens is 2. The van der Waals surface area contributed by atoms with Crippen molar-refractivity contribution in [1.82, 2.24) is 5.32 Å². The fourth-order valence-electron chi connectivity index (χ4n) is 1.56. The zero-order valence-electron chi connectivity index (χ0n) is 9.82. The van der Waals surface area contributed by atoms with E-state index < -0.39 is 15.9 Å². The summed E-state index contributed by atoms with van der Waals surface area (Å²) < 4.78 is 22.7. The Kier molecular flexibility index (Phi) is 4.06. The summed E-state index contributed by atoms with van der Waals surface area (Å²) in [7, 11) is -4.03. The highest BCUT2D eigenvalue weighted by Gasteiger charge is 2.23. The van der Waals surface area contributed by atoms with Crippen molar-refractivity contribution in [3.63, 3.8) is 0 Å². The predicted molar refractivity (Wildman–Crippen MR) is 72.9 cm³/mol. The summed E-state index contributed by atoms with van der Waals surface area (Å²) in [6.45, 7) is 0.573. The molecule has 0 heterocycles. The molecule has 3 N–H and O–H groups in total. The normalized spacial score (nSPS) is 15.3. The first-order valence-corrected chi connectivity index (χ1v) is 7.89. The highest BCUT2D eigenvalue weighted by atomic mass is 35.5. The van der Waals surface area contributed by atoms with Crippen LogP contribution in [0.2, 0.25) is 10.0 Å². The monoisotopic (exact) mass is 322 g/mol. The molecule has 1 aliphatic rings. The van der Waals surface area contributed by atoms with E-state index in [1.807, 2.05) is 0 Å². The van der Waals surface area contributed by atoms with Gasteiger partial charge in [-0.3, -0.25) is 4.79 Å². The average molecular weight is 323 g/mol. The Morgan fingerprint density at radius 1 is 1.37 bits per heavy atom. The minimum Gasteiger partial charge on any atom is -0.352 e. The largest absolute Gasteiger partial charge is 0.352 e. The third-order valence-corrected chi connectivity index (χ3v) is 4.66. The van der Waals surface area contributed by atoms with E-state index in [-0.39, 0.29) is 20.5 Å². The third kappa shape index (κ3) is 3.60. The molecule has 0 saturated heterocycles. The fraction of sp³-hybridized carbons (Fsp3) is 0.364. The second kappa shape index (κ2) is 5.28. The minimum absolute atomic E-state index is 0.0234. The number of carbonyl (C=O) groups excluding carboxylic acids is 1. The van der Waals surface area contributed by atoms with Gasteiger partial charge in [-0.15, -0.1) is 0 Å². The summed E-state index contributed by atoms with van der Waals surface area (Å²) >= 11 is 11.6. The van der Waals surface area contributed by atoms with Crippen LogP contribution in [0.4, 0.5) is 0 Å². The lowest BCUT2D eigenvalue weighted by Crippen LogP contribution is -2.26. The van der Waals surface area contributed by atoms with E-state index in [1.165, 1.54) is 6.07 Å². The summed E-state index contributed by atoms with van der Waals surface area (Å²) in [5.74, 6) is 0.125. The van der Waals surface area contributed by atoms with Crippen LogP contribution in [-0.2, 0) is 10.0 Å². The van der Waals surface area contributed by atoms with Crippen LogP contribution in [0.15, 0.2) is 17.0 Å². The maximum atomic E-state index is 11.9. The van der Waals surface area contributed by atoms with Gasteiger partial charge in [0.1, 0.15) is 4.90 Å². The molecule has 104 valence electrons. The molecule has 1 fully saturated rings. The molecule has 5 nitrogen and oxygen atoms in total. The number of benzene rings is 1. The molecule has 0 bridgehead atoms. The Morgan fingerprint density at radius 2 is 2.00 bits per heavy atom. The Morgan fingerprint density at radius 3 is 2.53 bits per heavy atom. The molecule has 1 saturated carbocycles. The predicted octanol–water partition coefficient (Wildman–Crippen LogP) is 1.78. The summed E-state index contributed by atoms with van der Waals surface area (Å²) in [5.41, 5.74) is 0.124. The lowest BCUT2D eigenvalue weighted by molar-refractivity contribution is 0.0951. The van der Waals surface area contributed by atoms with Crippen LogP contribution in [0.5, 0.6) is 0 Å². The van der Waals surface area contributed by atoms with Crippen LogP contribution < -0.4 is 10.5 Å². The lowest BCUT2D eigenvalue weighted by atomic mass is 10.2. The number of nitrogens with one attached hydrogen (secondary N) is 1. The van der Waals surface area contributed by atoms with Gasteiger partial charge in [-0.2, -0.15) is 0 Å². The van der Waals surface area contributed by atoms with Gasteiger partial charge in [0.05, 0.1) is 10.0 Å². The number of primary sulfonamides is 1. The summed E-state index contributed by atoms with van der Waals surface area (Å²) in [6, 6.07) is 2.45. The molecule has 1 aromatic rings. The Balaban J connectivity index is 2.30. The van der Waals surface area contributed by atoms with E-state index in [2.05, 4.69) is 5.32 Å². The van der Waals surface area contributed by atoms with Crippen LogP contribution in [0.3, 0.4) is 0 Å². The van der Waals surface area contributed by atoms with Crippen LogP contribution in [0, 0.1) is 5.92 Å². The first-order valence-electron chi connectivity index (χ1n) is 5.59. The third-order valence-electron chi connectivity index (χ3n) is 2.81. The molecule has 1 amide bonds. The quantitative estimate of drug-likeness (QED) is 0.885. The van der Waals surface area contributed by atoms with Gasteiger partial charge < -0.3 is 5.32 Å². The van der Waals surface area contributed by atoms with E-state index in [0.717, 1.165) is 18.9 Å². The second-order valence-corrected chi connectivity index (χ2v) is 6.78. The zero-order chi connectivity index (χ0) is 14.2. The molecule has 1 aromatic carbocycles. The first kappa shape index (κ1) is 14.6. The van der Waals surface area contributed by atoms with Gasteiger partial charge >= 0.3 is 0 Å². The molecule has 2 rings (SSSR count). The van der Waals surface area contributed by atoms with Crippen molar-refractivity contribution in [3.05, 3.63) is 27.7 Å². The van der Waals surface area contributed by atoms with Gasteiger partial charge in [-0.25, -0.2) is 13.6 Å². The van der Waals surface area contributed by atoms with Gasteiger partial charge in [0.25, 0.3) is 5.91 Å². The minimum atomic E-state index is -4.03. The van der Waals surface area contributed by atoms with Crippen LogP contribution in [0.1, 0.15) is 23.2 Å². The molecule has 0 unspecified atom stereocenters. The molecule has 0 spiro atoms. The van der Waals surface area contributed by atoms with Gasteiger partial charge in [-0.05, 0) is 30.9 Å². The standard InChI is InChI=1S/C11H12Cl2N2O3S/c12-8-3-7(11(16)15-5-6-1-2-6)4-9(10(8)13)19(14,17)18/h3-4,6H,1-2,5H2,(H,15,16)(H2,14,17,18). The number of hydrogen-bond donors (Lipinski definition) is 2. The molecule has 1 aliphatic carbocycles. The first-order chi connectivity index (χ1) is 8.79. The van der Waals surface area contributed by atoms with Crippen LogP contribution >= 0.6 is 23.2 Å². The maximum Gasteiger partial charge on any atom is 0.251 e. The number of sulfonamides is 1. The second-order valence-electron chi connectivity index (χ2n) is 4.47.